The minimum Gasteiger partial charge on any atom is -0.385 e. The highest BCUT2D eigenvalue weighted by Gasteiger charge is 2.33. The van der Waals surface area contributed by atoms with E-state index in [-0.39, 0.29) is 0 Å². The van der Waals surface area contributed by atoms with Crippen LogP contribution >= 0.6 is 22.9 Å². The summed E-state index contributed by atoms with van der Waals surface area (Å²) in [7, 11) is -3.39. The second-order valence-corrected chi connectivity index (χ2v) is 9.57. The fraction of sp³-hybridized carbons (Fsp3) is 0.444. The van der Waals surface area contributed by atoms with Crippen LogP contribution in [0.25, 0.3) is 0 Å². The predicted molar refractivity (Wildman–Crippen MR) is 105 cm³/mol. The van der Waals surface area contributed by atoms with Gasteiger partial charge in [0.25, 0.3) is 0 Å². The molecule has 2 N–H and O–H groups in total. The van der Waals surface area contributed by atoms with Crippen molar-refractivity contribution in [2.45, 2.75) is 29.8 Å². The van der Waals surface area contributed by atoms with Gasteiger partial charge in [-0.25, -0.2) is 13.1 Å². The van der Waals surface area contributed by atoms with Crippen LogP contribution in [0.2, 0.25) is 5.02 Å². The lowest BCUT2D eigenvalue weighted by molar-refractivity contribution is -0.0259. The summed E-state index contributed by atoms with van der Waals surface area (Å²) in [5.41, 5.74) is 0.104. The SMILES string of the molecule is O=S(=O)(NCCCN1CCC(O)(c2ccc(Cl)cc2)CC1)c1ccsc1. The average Bonchev–Trinajstić information content (AvgIpc) is 3.16. The van der Waals surface area contributed by atoms with Gasteiger partial charge in [0.15, 0.2) is 0 Å². The van der Waals surface area contributed by atoms with Gasteiger partial charge in [0, 0.05) is 30.0 Å². The smallest absolute Gasteiger partial charge is 0.241 e. The second kappa shape index (κ2) is 8.37. The molecule has 1 aromatic heterocycles. The number of piperidine rings is 1. The van der Waals surface area contributed by atoms with Gasteiger partial charge in [0.2, 0.25) is 10.0 Å². The van der Waals surface area contributed by atoms with Crippen LogP contribution in [0.3, 0.4) is 0 Å². The summed E-state index contributed by atoms with van der Waals surface area (Å²) in [6.07, 6.45) is 2.06. The summed E-state index contributed by atoms with van der Waals surface area (Å²) < 4.78 is 26.7. The summed E-state index contributed by atoms with van der Waals surface area (Å²) in [6, 6.07) is 8.99. The van der Waals surface area contributed by atoms with Gasteiger partial charge in [-0.05, 0) is 54.9 Å². The summed E-state index contributed by atoms with van der Waals surface area (Å²) in [6.45, 7) is 2.80. The zero-order valence-electron chi connectivity index (χ0n) is 14.4. The molecule has 0 unspecified atom stereocenters. The predicted octanol–water partition coefficient (Wildman–Crippen LogP) is 3.05. The lowest BCUT2D eigenvalue weighted by Gasteiger charge is -2.38. The van der Waals surface area contributed by atoms with Gasteiger partial charge in [0.1, 0.15) is 0 Å². The molecule has 26 heavy (non-hydrogen) atoms. The van der Waals surface area contributed by atoms with Gasteiger partial charge in [0.05, 0.1) is 10.5 Å². The molecular formula is C18H23ClN2O3S2. The Bertz CT molecular complexity index is 799. The van der Waals surface area contributed by atoms with Crippen LogP contribution in [-0.2, 0) is 15.6 Å². The molecule has 1 aliphatic rings. The highest BCUT2D eigenvalue weighted by Crippen LogP contribution is 2.33. The number of hydrogen-bond acceptors (Lipinski definition) is 5. The molecule has 1 aromatic carbocycles. The normalized spacial score (nSPS) is 18.1. The topological polar surface area (TPSA) is 69.6 Å². The molecule has 2 aromatic rings. The number of rotatable bonds is 7. The molecule has 5 nitrogen and oxygen atoms in total. The standard InChI is InChI=1S/C18H23ClN2O3S2/c19-16-4-2-15(3-5-16)18(22)7-11-21(12-8-18)10-1-9-20-26(23,24)17-6-13-25-14-17/h2-6,13-14,20,22H,1,7-12H2. The molecule has 1 saturated heterocycles. The van der Waals surface area contributed by atoms with Crippen molar-refractivity contribution in [1.29, 1.82) is 0 Å². The quantitative estimate of drug-likeness (QED) is 0.683. The summed E-state index contributed by atoms with van der Waals surface area (Å²) in [5, 5.41) is 14.9. The van der Waals surface area contributed by atoms with Gasteiger partial charge < -0.3 is 10.0 Å². The van der Waals surface area contributed by atoms with Crippen LogP contribution in [-0.4, -0.2) is 44.6 Å². The first-order valence-electron chi connectivity index (χ1n) is 8.62. The Labute approximate surface area is 163 Å². The second-order valence-electron chi connectivity index (χ2n) is 6.59. The van der Waals surface area contributed by atoms with E-state index >= 15 is 0 Å². The number of nitrogens with one attached hydrogen (secondary N) is 1. The van der Waals surface area contributed by atoms with E-state index in [9.17, 15) is 13.5 Å². The van der Waals surface area contributed by atoms with Crippen molar-refractivity contribution in [3.8, 4) is 0 Å². The number of nitrogens with zero attached hydrogens (tertiary/aromatic N) is 1. The molecule has 0 bridgehead atoms. The first-order chi connectivity index (χ1) is 12.4. The molecule has 0 saturated carbocycles. The Morgan fingerprint density at radius 1 is 1.19 bits per heavy atom. The maximum atomic E-state index is 12.0. The number of benzene rings is 1. The zero-order valence-corrected chi connectivity index (χ0v) is 16.8. The van der Waals surface area contributed by atoms with E-state index in [0.717, 1.165) is 31.6 Å². The molecule has 0 spiro atoms. The van der Waals surface area contributed by atoms with Crippen molar-refractivity contribution >= 4 is 33.0 Å². The van der Waals surface area contributed by atoms with Crippen LogP contribution in [0.5, 0.6) is 0 Å². The molecule has 3 rings (SSSR count). The van der Waals surface area contributed by atoms with Crippen molar-refractivity contribution in [1.82, 2.24) is 9.62 Å². The lowest BCUT2D eigenvalue weighted by Crippen LogP contribution is -2.43. The van der Waals surface area contributed by atoms with Gasteiger partial charge in [-0.3, -0.25) is 0 Å². The third-order valence-corrected chi connectivity index (χ3v) is 7.36. The third kappa shape index (κ3) is 4.85. The molecule has 0 radical (unpaired) electrons. The number of hydrogen-bond donors (Lipinski definition) is 2. The molecule has 142 valence electrons. The number of aliphatic hydroxyl groups is 1. The van der Waals surface area contributed by atoms with Crippen molar-refractivity contribution in [3.63, 3.8) is 0 Å². The Hall–Kier alpha value is -0.960. The van der Waals surface area contributed by atoms with Gasteiger partial charge >= 0.3 is 0 Å². The van der Waals surface area contributed by atoms with Gasteiger partial charge in [-0.15, -0.1) is 0 Å². The van der Waals surface area contributed by atoms with Crippen LogP contribution in [0.4, 0.5) is 0 Å². The average molecular weight is 415 g/mol. The van der Waals surface area contributed by atoms with Crippen LogP contribution in [0, 0.1) is 0 Å². The minimum absolute atomic E-state index is 0.327. The van der Waals surface area contributed by atoms with E-state index in [1.165, 1.54) is 11.3 Å². The fourth-order valence-electron chi connectivity index (χ4n) is 3.19. The molecular weight excluding hydrogens is 392 g/mol. The monoisotopic (exact) mass is 414 g/mol. The minimum atomic E-state index is -3.39. The Kier molecular flexibility index (Phi) is 6.37. The van der Waals surface area contributed by atoms with E-state index in [0.29, 0.717) is 29.3 Å². The maximum absolute atomic E-state index is 12.0. The highest BCUT2D eigenvalue weighted by atomic mass is 35.5. The van der Waals surface area contributed by atoms with E-state index in [4.69, 9.17) is 11.6 Å². The number of halogens is 1. The molecule has 0 atom stereocenters. The molecule has 0 amide bonds. The maximum Gasteiger partial charge on any atom is 0.241 e. The molecule has 0 aliphatic carbocycles. The first kappa shape index (κ1) is 19.8. The molecule has 8 heteroatoms. The van der Waals surface area contributed by atoms with Crippen molar-refractivity contribution in [2.75, 3.05) is 26.2 Å². The summed E-state index contributed by atoms with van der Waals surface area (Å²) >= 11 is 7.29. The van der Waals surface area contributed by atoms with Gasteiger partial charge in [-0.2, -0.15) is 11.3 Å². The lowest BCUT2D eigenvalue weighted by atomic mass is 9.84. The molecule has 1 aliphatic heterocycles. The number of sulfonamides is 1. The Morgan fingerprint density at radius 3 is 2.50 bits per heavy atom. The van der Waals surface area contributed by atoms with Crippen molar-refractivity contribution in [2.24, 2.45) is 0 Å². The number of likely N-dealkylation sites (tertiary alicyclic amines) is 1. The molecule has 2 heterocycles. The van der Waals surface area contributed by atoms with E-state index in [1.54, 1.807) is 29.0 Å². The largest absolute Gasteiger partial charge is 0.385 e. The number of thiophene rings is 1. The molecule has 1 fully saturated rings. The van der Waals surface area contributed by atoms with Crippen LogP contribution in [0.15, 0.2) is 46.0 Å². The van der Waals surface area contributed by atoms with Gasteiger partial charge in [-0.1, -0.05) is 23.7 Å². The van der Waals surface area contributed by atoms with E-state index < -0.39 is 15.6 Å². The van der Waals surface area contributed by atoms with Crippen LogP contribution in [0.1, 0.15) is 24.8 Å². The highest BCUT2D eigenvalue weighted by molar-refractivity contribution is 7.89. The fourth-order valence-corrected chi connectivity index (χ4v) is 5.42. The van der Waals surface area contributed by atoms with E-state index in [1.807, 2.05) is 12.1 Å². The zero-order chi connectivity index (χ0) is 18.6. The van der Waals surface area contributed by atoms with Crippen molar-refractivity contribution in [3.05, 3.63) is 51.7 Å². The van der Waals surface area contributed by atoms with Crippen molar-refractivity contribution < 1.29 is 13.5 Å². The summed E-state index contributed by atoms with van der Waals surface area (Å²) in [4.78, 5) is 2.59. The first-order valence-corrected chi connectivity index (χ1v) is 11.4. The Balaban J connectivity index is 1.42. The Morgan fingerprint density at radius 2 is 1.88 bits per heavy atom. The van der Waals surface area contributed by atoms with Crippen LogP contribution < -0.4 is 4.72 Å². The van der Waals surface area contributed by atoms with E-state index in [2.05, 4.69) is 9.62 Å². The third-order valence-electron chi connectivity index (χ3n) is 4.81. The summed E-state index contributed by atoms with van der Waals surface area (Å²) in [5.74, 6) is 0.